The van der Waals surface area contributed by atoms with Crippen LogP contribution >= 0.6 is 11.8 Å². The molecule has 2 N–H and O–H groups in total. The van der Waals surface area contributed by atoms with E-state index in [0.29, 0.717) is 11.7 Å². The van der Waals surface area contributed by atoms with Crippen molar-refractivity contribution in [2.24, 2.45) is 11.8 Å². The number of carbonyl (C=O) groups excluding carboxylic acids is 1. The second-order valence-electron chi connectivity index (χ2n) is 7.51. The van der Waals surface area contributed by atoms with Crippen molar-refractivity contribution in [3.8, 4) is 0 Å². The van der Waals surface area contributed by atoms with Gasteiger partial charge in [-0.25, -0.2) is 0 Å². The molecule has 0 spiro atoms. The molecular formula is C21H23N3O3S. The first-order chi connectivity index (χ1) is 13.5. The summed E-state index contributed by atoms with van der Waals surface area (Å²) in [5.41, 5.74) is 7.05. The zero-order valence-electron chi connectivity index (χ0n) is 15.5. The van der Waals surface area contributed by atoms with Gasteiger partial charge in [-0.1, -0.05) is 11.8 Å². The number of ketones is 1. The molecule has 1 saturated heterocycles. The van der Waals surface area contributed by atoms with Crippen LogP contribution in [0.1, 0.15) is 25.7 Å². The largest absolute Gasteiger partial charge is 0.393 e. The van der Waals surface area contributed by atoms with Crippen molar-refractivity contribution in [1.82, 2.24) is 0 Å². The van der Waals surface area contributed by atoms with E-state index in [9.17, 15) is 14.9 Å². The van der Waals surface area contributed by atoms with Crippen LogP contribution in [0, 0.1) is 22.0 Å². The number of Topliss-reactive ketones (excluding diaryl/α,β-unsaturated/α-hetero) is 1. The third-order valence-electron chi connectivity index (χ3n) is 5.51. The van der Waals surface area contributed by atoms with Crippen molar-refractivity contribution in [2.75, 3.05) is 23.7 Å². The predicted octanol–water partition coefficient (Wildman–Crippen LogP) is 4.52. The minimum atomic E-state index is -0.472. The number of nitro benzene ring substituents is 1. The van der Waals surface area contributed by atoms with Crippen molar-refractivity contribution in [3.63, 3.8) is 0 Å². The molecule has 1 aliphatic heterocycles. The van der Waals surface area contributed by atoms with E-state index in [4.69, 9.17) is 5.73 Å². The Kier molecular flexibility index (Phi) is 5.26. The third kappa shape index (κ3) is 4.14. The Morgan fingerprint density at radius 3 is 2.18 bits per heavy atom. The van der Waals surface area contributed by atoms with Gasteiger partial charge in [-0.15, -0.1) is 0 Å². The van der Waals surface area contributed by atoms with Crippen LogP contribution in [0.2, 0.25) is 0 Å². The van der Waals surface area contributed by atoms with Gasteiger partial charge < -0.3 is 10.6 Å². The molecule has 1 heterocycles. The van der Waals surface area contributed by atoms with E-state index in [1.165, 1.54) is 23.5 Å². The highest BCUT2D eigenvalue weighted by molar-refractivity contribution is 7.99. The molecular weight excluding hydrogens is 374 g/mol. The number of nitrogens with zero attached hydrogens (tertiary/aromatic N) is 2. The van der Waals surface area contributed by atoms with Crippen LogP contribution in [0.3, 0.4) is 0 Å². The highest BCUT2D eigenvalue weighted by atomic mass is 32.2. The Hall–Kier alpha value is -2.54. The molecule has 0 atom stereocenters. The van der Waals surface area contributed by atoms with Crippen LogP contribution in [0.25, 0.3) is 0 Å². The van der Waals surface area contributed by atoms with E-state index in [2.05, 4.69) is 29.2 Å². The summed E-state index contributed by atoms with van der Waals surface area (Å²) < 4.78 is 0. The van der Waals surface area contributed by atoms with Gasteiger partial charge in [-0.2, -0.15) is 0 Å². The van der Waals surface area contributed by atoms with Crippen LogP contribution in [-0.4, -0.2) is 23.8 Å². The topological polar surface area (TPSA) is 89.5 Å². The van der Waals surface area contributed by atoms with Gasteiger partial charge in [0.1, 0.15) is 11.5 Å². The standard InChI is InChI=1S/C21H23N3O3S/c22-19-13-18(7-8-20(19)24(26)27)28-17-5-3-16(4-6-17)23-11-9-15(10-12-23)21(25)14-1-2-14/h3-8,13-15H,1-2,9-12,22H2. The number of rotatable bonds is 6. The summed E-state index contributed by atoms with van der Waals surface area (Å²) in [5.74, 6) is 1.11. The minimum Gasteiger partial charge on any atom is -0.393 e. The first-order valence-corrected chi connectivity index (χ1v) is 10.4. The normalized spacial score (nSPS) is 17.5. The summed E-state index contributed by atoms with van der Waals surface area (Å²) in [6, 6.07) is 13.1. The quantitative estimate of drug-likeness (QED) is 0.438. The lowest BCUT2D eigenvalue weighted by atomic mass is 9.90. The average Bonchev–Trinajstić information content (AvgIpc) is 3.53. The van der Waals surface area contributed by atoms with Gasteiger partial charge in [0.2, 0.25) is 0 Å². The number of nitrogen functional groups attached to an aromatic ring is 1. The van der Waals surface area contributed by atoms with Crippen molar-refractivity contribution in [1.29, 1.82) is 0 Å². The van der Waals surface area contributed by atoms with E-state index in [1.54, 1.807) is 12.1 Å². The Bertz CT molecular complexity index is 888. The van der Waals surface area contributed by atoms with Crippen molar-refractivity contribution < 1.29 is 9.72 Å². The lowest BCUT2D eigenvalue weighted by Crippen LogP contribution is -2.36. The fourth-order valence-electron chi connectivity index (χ4n) is 3.75. The van der Waals surface area contributed by atoms with Crippen molar-refractivity contribution >= 4 is 34.6 Å². The number of anilines is 2. The molecule has 0 bridgehead atoms. The van der Waals surface area contributed by atoms with Gasteiger partial charge in [0.15, 0.2) is 0 Å². The monoisotopic (exact) mass is 397 g/mol. The highest BCUT2D eigenvalue weighted by Gasteiger charge is 2.36. The molecule has 2 fully saturated rings. The van der Waals surface area contributed by atoms with Crippen molar-refractivity contribution in [3.05, 3.63) is 52.6 Å². The fraction of sp³-hybridized carbons (Fsp3) is 0.381. The molecule has 0 radical (unpaired) electrons. The average molecular weight is 398 g/mol. The zero-order chi connectivity index (χ0) is 19.7. The number of nitrogens with two attached hydrogens (primary N) is 1. The Balaban J connectivity index is 1.36. The van der Waals surface area contributed by atoms with Crippen LogP contribution in [0.4, 0.5) is 17.1 Å². The molecule has 6 nitrogen and oxygen atoms in total. The smallest absolute Gasteiger partial charge is 0.292 e. The molecule has 7 heteroatoms. The molecule has 0 unspecified atom stereocenters. The summed E-state index contributed by atoms with van der Waals surface area (Å²) in [5, 5.41) is 10.9. The van der Waals surface area contributed by atoms with E-state index in [-0.39, 0.29) is 17.3 Å². The molecule has 4 rings (SSSR count). The zero-order valence-corrected chi connectivity index (χ0v) is 16.4. The molecule has 1 aliphatic carbocycles. The first-order valence-electron chi connectivity index (χ1n) is 9.62. The van der Waals surface area contributed by atoms with E-state index < -0.39 is 4.92 Å². The summed E-state index contributed by atoms with van der Waals surface area (Å²) in [4.78, 5) is 26.9. The van der Waals surface area contributed by atoms with Gasteiger partial charge >= 0.3 is 0 Å². The maximum Gasteiger partial charge on any atom is 0.292 e. The lowest BCUT2D eigenvalue weighted by Gasteiger charge is -2.33. The molecule has 0 aromatic heterocycles. The minimum absolute atomic E-state index is 0.0664. The van der Waals surface area contributed by atoms with Gasteiger partial charge in [0.25, 0.3) is 5.69 Å². The Morgan fingerprint density at radius 1 is 1.00 bits per heavy atom. The lowest BCUT2D eigenvalue weighted by molar-refractivity contribution is -0.383. The summed E-state index contributed by atoms with van der Waals surface area (Å²) in [6.45, 7) is 1.85. The van der Waals surface area contributed by atoms with Crippen LogP contribution in [-0.2, 0) is 4.79 Å². The SMILES string of the molecule is Nc1cc(Sc2ccc(N3CCC(C(=O)C4CC4)CC3)cc2)ccc1[N+](=O)[O-]. The van der Waals surface area contributed by atoms with Crippen LogP contribution in [0.15, 0.2) is 52.3 Å². The maximum absolute atomic E-state index is 12.2. The molecule has 2 aliphatic rings. The Labute approximate surface area is 168 Å². The Morgan fingerprint density at radius 2 is 1.61 bits per heavy atom. The number of benzene rings is 2. The second kappa shape index (κ2) is 7.83. The maximum atomic E-state index is 12.2. The fourth-order valence-corrected chi connectivity index (χ4v) is 4.61. The molecule has 2 aromatic rings. The number of piperidine rings is 1. The van der Waals surface area contributed by atoms with E-state index in [1.807, 2.05) is 0 Å². The van der Waals surface area contributed by atoms with Gasteiger partial charge in [-0.05, 0) is 62.1 Å². The number of carbonyl (C=O) groups is 1. The van der Waals surface area contributed by atoms with Gasteiger partial charge in [0.05, 0.1) is 4.92 Å². The first kappa shape index (κ1) is 18.8. The number of hydrogen-bond donors (Lipinski definition) is 1. The third-order valence-corrected chi connectivity index (χ3v) is 6.51. The molecule has 2 aromatic carbocycles. The molecule has 146 valence electrons. The molecule has 0 amide bonds. The highest BCUT2D eigenvalue weighted by Crippen LogP contribution is 2.37. The summed E-state index contributed by atoms with van der Waals surface area (Å²) in [6.07, 6.45) is 4.10. The number of nitro groups is 1. The number of hydrogen-bond acceptors (Lipinski definition) is 6. The summed E-state index contributed by atoms with van der Waals surface area (Å²) >= 11 is 1.53. The van der Waals surface area contributed by atoms with Gasteiger partial charge in [0, 0.05) is 46.5 Å². The van der Waals surface area contributed by atoms with Crippen LogP contribution < -0.4 is 10.6 Å². The van der Waals surface area contributed by atoms with Crippen molar-refractivity contribution in [2.45, 2.75) is 35.5 Å². The van der Waals surface area contributed by atoms with Gasteiger partial charge in [-0.3, -0.25) is 14.9 Å². The molecule has 1 saturated carbocycles. The van der Waals surface area contributed by atoms with E-state index in [0.717, 1.165) is 48.6 Å². The second-order valence-corrected chi connectivity index (χ2v) is 8.66. The molecule has 28 heavy (non-hydrogen) atoms. The predicted molar refractivity (Wildman–Crippen MR) is 111 cm³/mol. The summed E-state index contributed by atoms with van der Waals surface area (Å²) in [7, 11) is 0. The van der Waals surface area contributed by atoms with E-state index >= 15 is 0 Å². The van der Waals surface area contributed by atoms with Crippen LogP contribution in [0.5, 0.6) is 0 Å².